The van der Waals surface area contributed by atoms with Crippen molar-refractivity contribution in [2.24, 2.45) is 0 Å². The molecule has 0 amide bonds. The Morgan fingerprint density at radius 2 is 1.96 bits per heavy atom. The molecule has 0 bridgehead atoms. The molecule has 1 N–H and O–H groups in total. The van der Waals surface area contributed by atoms with Crippen molar-refractivity contribution in [3.63, 3.8) is 0 Å². The molecule has 0 aliphatic carbocycles. The highest BCUT2D eigenvalue weighted by atomic mass is 32.2. The number of benzene rings is 1. The number of aliphatic carboxylic acids is 1. The maximum atomic E-state index is 13.0. The number of carboxylic acid groups (broad SMARTS) is 1. The van der Waals surface area contributed by atoms with E-state index in [1.807, 2.05) is 6.92 Å². The first-order chi connectivity index (χ1) is 10.7. The van der Waals surface area contributed by atoms with E-state index in [4.69, 9.17) is 9.84 Å². The van der Waals surface area contributed by atoms with Gasteiger partial charge in [0.1, 0.15) is 0 Å². The van der Waals surface area contributed by atoms with Gasteiger partial charge in [-0.05, 0) is 38.0 Å². The topological polar surface area (TPSA) is 83.9 Å². The summed E-state index contributed by atoms with van der Waals surface area (Å²) in [5.41, 5.74) is 0.339. The summed E-state index contributed by atoms with van der Waals surface area (Å²) >= 11 is 0. The second kappa shape index (κ2) is 6.59. The molecule has 1 fully saturated rings. The van der Waals surface area contributed by atoms with Crippen molar-refractivity contribution in [3.05, 3.63) is 29.8 Å². The van der Waals surface area contributed by atoms with Crippen LogP contribution in [0, 0.1) is 0 Å². The lowest BCUT2D eigenvalue weighted by Gasteiger charge is -2.43. The Bertz CT molecular complexity index is 666. The van der Waals surface area contributed by atoms with Crippen molar-refractivity contribution in [1.82, 2.24) is 4.31 Å². The van der Waals surface area contributed by atoms with Crippen molar-refractivity contribution in [3.8, 4) is 0 Å². The number of ether oxygens (including phenoxy) is 1. The standard InChI is InChI=1S/C16H23NO5S/c1-4-12-5-7-14(8-6-12)23(20,21)17-10-13(9-15(18)19)22-11-16(17,2)3/h5-8,13H,4,9-11H2,1-3H3,(H,18,19). The third-order valence-corrected chi connectivity index (χ3v) is 6.13. The summed E-state index contributed by atoms with van der Waals surface area (Å²) in [6.07, 6.45) is -0.00813. The zero-order valence-electron chi connectivity index (χ0n) is 13.7. The van der Waals surface area contributed by atoms with Crippen molar-refractivity contribution >= 4 is 16.0 Å². The highest BCUT2D eigenvalue weighted by molar-refractivity contribution is 7.89. The zero-order chi connectivity index (χ0) is 17.3. The number of morpholine rings is 1. The molecule has 1 atom stereocenters. The van der Waals surface area contributed by atoms with Crippen LogP contribution < -0.4 is 0 Å². The number of carbonyl (C=O) groups is 1. The van der Waals surface area contributed by atoms with Crippen molar-refractivity contribution in [2.75, 3.05) is 13.2 Å². The van der Waals surface area contributed by atoms with Crippen LogP contribution in [0.1, 0.15) is 32.8 Å². The van der Waals surface area contributed by atoms with E-state index in [0.717, 1.165) is 12.0 Å². The van der Waals surface area contributed by atoms with Crippen LogP contribution >= 0.6 is 0 Å². The van der Waals surface area contributed by atoms with E-state index in [9.17, 15) is 13.2 Å². The average Bonchev–Trinajstić information content (AvgIpc) is 2.48. The number of hydrogen-bond donors (Lipinski definition) is 1. The van der Waals surface area contributed by atoms with E-state index in [-0.39, 0.29) is 24.5 Å². The Labute approximate surface area is 137 Å². The van der Waals surface area contributed by atoms with E-state index in [2.05, 4.69) is 0 Å². The van der Waals surface area contributed by atoms with Gasteiger partial charge in [0.05, 0.1) is 29.6 Å². The summed E-state index contributed by atoms with van der Waals surface area (Å²) < 4.78 is 32.8. The molecule has 6 nitrogen and oxygen atoms in total. The van der Waals surface area contributed by atoms with E-state index < -0.39 is 27.6 Å². The average molecular weight is 341 g/mol. The molecular weight excluding hydrogens is 318 g/mol. The quantitative estimate of drug-likeness (QED) is 0.884. The smallest absolute Gasteiger partial charge is 0.306 e. The molecule has 0 spiro atoms. The molecule has 1 aromatic rings. The van der Waals surface area contributed by atoms with Crippen LogP contribution in [0.5, 0.6) is 0 Å². The van der Waals surface area contributed by atoms with Gasteiger partial charge in [-0.15, -0.1) is 0 Å². The van der Waals surface area contributed by atoms with Gasteiger partial charge in [-0.3, -0.25) is 4.79 Å². The lowest BCUT2D eigenvalue weighted by atomic mass is 10.0. The minimum Gasteiger partial charge on any atom is -0.481 e. The normalized spacial score (nSPS) is 22.0. The molecule has 1 aliphatic heterocycles. The highest BCUT2D eigenvalue weighted by Gasteiger charge is 2.43. The van der Waals surface area contributed by atoms with Crippen LogP contribution in [0.4, 0.5) is 0 Å². The lowest BCUT2D eigenvalue weighted by Crippen LogP contribution is -2.58. The first kappa shape index (κ1) is 17.9. The fraction of sp³-hybridized carbons (Fsp3) is 0.562. The Morgan fingerprint density at radius 3 is 2.48 bits per heavy atom. The monoisotopic (exact) mass is 341 g/mol. The summed E-state index contributed by atoms with van der Waals surface area (Å²) in [4.78, 5) is 11.1. The van der Waals surface area contributed by atoms with Gasteiger partial charge in [0.25, 0.3) is 0 Å². The number of sulfonamides is 1. The third kappa shape index (κ3) is 3.91. The predicted molar refractivity (Wildman–Crippen MR) is 85.8 cm³/mol. The maximum absolute atomic E-state index is 13.0. The minimum absolute atomic E-state index is 0.0389. The van der Waals surface area contributed by atoms with Crippen LogP contribution in [0.15, 0.2) is 29.2 Å². The maximum Gasteiger partial charge on any atom is 0.306 e. The second-order valence-corrected chi connectivity index (χ2v) is 8.24. The molecule has 23 heavy (non-hydrogen) atoms. The van der Waals surface area contributed by atoms with Crippen molar-refractivity contribution in [1.29, 1.82) is 0 Å². The first-order valence-electron chi connectivity index (χ1n) is 7.62. The molecular formula is C16H23NO5S. The number of hydrogen-bond acceptors (Lipinski definition) is 4. The van der Waals surface area contributed by atoms with Gasteiger partial charge in [0, 0.05) is 6.54 Å². The molecule has 1 unspecified atom stereocenters. The molecule has 128 valence electrons. The van der Waals surface area contributed by atoms with Crippen molar-refractivity contribution < 1.29 is 23.1 Å². The van der Waals surface area contributed by atoms with Crippen LogP contribution in [0.25, 0.3) is 0 Å². The first-order valence-corrected chi connectivity index (χ1v) is 9.06. The van der Waals surface area contributed by atoms with Gasteiger partial charge < -0.3 is 9.84 Å². The van der Waals surface area contributed by atoms with E-state index >= 15 is 0 Å². The molecule has 0 radical (unpaired) electrons. The van der Waals surface area contributed by atoms with E-state index in [1.54, 1.807) is 38.1 Å². The third-order valence-electron chi connectivity index (χ3n) is 4.04. The highest BCUT2D eigenvalue weighted by Crippen LogP contribution is 2.30. The van der Waals surface area contributed by atoms with Crippen LogP contribution in [0.3, 0.4) is 0 Å². The lowest BCUT2D eigenvalue weighted by molar-refractivity contribution is -0.143. The van der Waals surface area contributed by atoms with Crippen LogP contribution in [-0.4, -0.2) is 48.6 Å². The molecule has 1 aromatic carbocycles. The zero-order valence-corrected chi connectivity index (χ0v) is 14.5. The summed E-state index contributed by atoms with van der Waals surface area (Å²) in [6.45, 7) is 5.77. The Morgan fingerprint density at radius 1 is 1.35 bits per heavy atom. The molecule has 2 rings (SSSR count). The number of nitrogens with zero attached hydrogens (tertiary/aromatic N) is 1. The SMILES string of the molecule is CCc1ccc(S(=O)(=O)N2CC(CC(=O)O)OCC2(C)C)cc1. The number of aryl methyl sites for hydroxylation is 1. The predicted octanol–water partition coefficient (Wildman–Crippen LogP) is 1.89. The number of rotatable bonds is 5. The molecule has 7 heteroatoms. The number of carboxylic acids is 1. The minimum atomic E-state index is -3.70. The summed E-state index contributed by atoms with van der Waals surface area (Å²) in [6, 6.07) is 6.81. The second-order valence-electron chi connectivity index (χ2n) is 6.38. The van der Waals surface area contributed by atoms with Gasteiger partial charge in [-0.1, -0.05) is 19.1 Å². The van der Waals surface area contributed by atoms with Crippen LogP contribution in [0.2, 0.25) is 0 Å². The summed E-state index contributed by atoms with van der Waals surface area (Å²) in [5, 5.41) is 8.91. The fourth-order valence-electron chi connectivity index (χ4n) is 2.64. The molecule has 0 aromatic heterocycles. The van der Waals surface area contributed by atoms with Gasteiger partial charge in [-0.2, -0.15) is 4.31 Å². The molecule has 1 aliphatic rings. The summed E-state index contributed by atoms with van der Waals surface area (Å²) in [5.74, 6) is -1.00. The largest absolute Gasteiger partial charge is 0.481 e. The van der Waals surface area contributed by atoms with Crippen molar-refractivity contribution in [2.45, 2.75) is 50.2 Å². The van der Waals surface area contributed by atoms with Gasteiger partial charge in [0.15, 0.2) is 0 Å². The van der Waals surface area contributed by atoms with E-state index in [1.165, 1.54) is 4.31 Å². The van der Waals surface area contributed by atoms with Gasteiger partial charge in [-0.25, -0.2) is 8.42 Å². The Kier molecular flexibility index (Phi) is 5.13. The molecule has 1 heterocycles. The fourth-order valence-corrected chi connectivity index (χ4v) is 4.45. The van der Waals surface area contributed by atoms with E-state index in [0.29, 0.717) is 0 Å². The Hall–Kier alpha value is -1.44. The molecule has 1 saturated heterocycles. The summed E-state index contributed by atoms with van der Waals surface area (Å²) in [7, 11) is -3.70. The van der Waals surface area contributed by atoms with Gasteiger partial charge in [0.2, 0.25) is 10.0 Å². The van der Waals surface area contributed by atoms with Gasteiger partial charge >= 0.3 is 5.97 Å². The van der Waals surface area contributed by atoms with Crippen LogP contribution in [-0.2, 0) is 26.0 Å². The molecule has 0 saturated carbocycles. The Balaban J connectivity index is 2.31.